The molecule has 114 valence electrons. The molecular formula is C22H20O. The molecule has 23 heavy (non-hydrogen) atoms. The summed E-state index contributed by atoms with van der Waals surface area (Å²) in [5.74, 6) is 0. The fraction of sp³-hybridized carbons (Fsp3) is 0.136. The van der Waals surface area contributed by atoms with Crippen molar-refractivity contribution in [3.63, 3.8) is 0 Å². The van der Waals surface area contributed by atoms with Crippen molar-refractivity contribution in [3.8, 4) is 0 Å². The maximum absolute atomic E-state index is 11.9. The Morgan fingerprint density at radius 1 is 0.609 bits per heavy atom. The summed E-state index contributed by atoms with van der Waals surface area (Å²) in [6.07, 6.45) is 0. The minimum absolute atomic E-state index is 0.00849. The monoisotopic (exact) mass is 300 g/mol. The summed E-state index contributed by atoms with van der Waals surface area (Å²) >= 11 is 0. The van der Waals surface area contributed by atoms with E-state index in [1.807, 2.05) is 62.4 Å². The number of aryl methyl sites for hydroxylation is 3. The predicted octanol–water partition coefficient (Wildman–Crippen LogP) is 4.55. The van der Waals surface area contributed by atoms with Gasteiger partial charge in [-0.3, -0.25) is 4.79 Å². The Labute approximate surface area is 139 Å². The zero-order valence-corrected chi connectivity index (χ0v) is 13.8. The standard InChI is InChI=1S/C22H20O/c1-19-13-7-5-4-6-8-18-22(23)21(3)17-12-11-16-20(2)15-10-9-14-19/h4-8,11-13,16-18H,1-3H3. The average Bonchev–Trinajstić information content (AvgIpc) is 2.53. The van der Waals surface area contributed by atoms with E-state index in [2.05, 4.69) is 24.3 Å². The van der Waals surface area contributed by atoms with E-state index in [1.165, 1.54) is 0 Å². The Kier molecular flexibility index (Phi) is 8.35. The van der Waals surface area contributed by atoms with Gasteiger partial charge in [0, 0.05) is 0 Å². The Morgan fingerprint density at radius 3 is 1.65 bits per heavy atom. The lowest BCUT2D eigenvalue weighted by Crippen LogP contribution is -1.97. The van der Waals surface area contributed by atoms with E-state index < -0.39 is 0 Å². The van der Waals surface area contributed by atoms with E-state index >= 15 is 0 Å². The molecule has 0 aliphatic heterocycles. The first kappa shape index (κ1) is 18.0. The molecule has 0 atom stereocenters. The minimum atomic E-state index is -0.00849. The maximum Gasteiger partial charge on any atom is 0.181 e. The summed E-state index contributed by atoms with van der Waals surface area (Å²) in [5.41, 5.74) is 2.53. The molecule has 0 unspecified atom stereocenters. The van der Waals surface area contributed by atoms with Crippen molar-refractivity contribution < 1.29 is 0 Å². The van der Waals surface area contributed by atoms with Crippen LogP contribution in [0.15, 0.2) is 71.5 Å². The highest BCUT2D eigenvalue weighted by Gasteiger charge is 1.81. The summed E-state index contributed by atoms with van der Waals surface area (Å²) in [6, 6.07) is 31.6. The molecule has 0 spiro atoms. The highest BCUT2D eigenvalue weighted by atomic mass is 16.1. The van der Waals surface area contributed by atoms with Crippen LogP contribution in [0, 0.1) is 45.0 Å². The Hall–Kier alpha value is -3.03. The van der Waals surface area contributed by atoms with Crippen LogP contribution in [0.5, 0.6) is 0 Å². The van der Waals surface area contributed by atoms with Gasteiger partial charge in [-0.05, 0) is 55.7 Å². The van der Waals surface area contributed by atoms with Gasteiger partial charge in [-0.15, -0.1) is 0 Å². The van der Waals surface area contributed by atoms with Crippen LogP contribution in [-0.4, -0.2) is 0 Å². The highest BCUT2D eigenvalue weighted by Crippen LogP contribution is 1.87. The Bertz CT molecular complexity index is 747. The van der Waals surface area contributed by atoms with Crippen LogP contribution in [0.3, 0.4) is 0 Å². The minimum Gasteiger partial charge on any atom is -0.290 e. The van der Waals surface area contributed by atoms with Crippen molar-refractivity contribution in [2.45, 2.75) is 20.8 Å². The van der Waals surface area contributed by atoms with Crippen LogP contribution < -0.4 is 5.43 Å². The molecular weight excluding hydrogens is 280 g/mol. The molecule has 1 aromatic carbocycles. The second kappa shape index (κ2) is 10.7. The van der Waals surface area contributed by atoms with Gasteiger partial charge in [0.15, 0.2) is 5.43 Å². The van der Waals surface area contributed by atoms with E-state index in [0.717, 1.165) is 11.1 Å². The third-order valence-corrected chi connectivity index (χ3v) is 2.81. The molecule has 0 bridgehead atoms. The van der Waals surface area contributed by atoms with E-state index in [-0.39, 0.29) is 5.43 Å². The fourth-order valence-corrected chi connectivity index (χ4v) is 1.49. The Morgan fingerprint density at radius 2 is 1.04 bits per heavy atom. The molecule has 1 aromatic rings. The molecule has 0 saturated heterocycles. The van der Waals surface area contributed by atoms with Gasteiger partial charge in [0.1, 0.15) is 0 Å². The molecule has 0 saturated carbocycles. The van der Waals surface area contributed by atoms with Crippen molar-refractivity contribution in [2.75, 3.05) is 0 Å². The van der Waals surface area contributed by atoms with Crippen LogP contribution in [0.25, 0.3) is 0 Å². The van der Waals surface area contributed by atoms with Crippen molar-refractivity contribution in [3.05, 3.63) is 118 Å². The first-order valence-corrected chi connectivity index (χ1v) is 7.36. The van der Waals surface area contributed by atoms with E-state index in [0.29, 0.717) is 5.56 Å². The first-order valence-electron chi connectivity index (χ1n) is 7.36. The average molecular weight is 300 g/mol. The van der Waals surface area contributed by atoms with Crippen molar-refractivity contribution in [1.82, 2.24) is 0 Å². The summed E-state index contributed by atoms with van der Waals surface area (Å²) in [4.78, 5) is 11.9. The molecule has 1 nitrogen and oxygen atoms in total. The SMILES string of the molecule is Cc1c#cc#cc(C)ccccc(C)c(=O)ccccccc1. The number of hydrogen-bond donors (Lipinski definition) is 0. The van der Waals surface area contributed by atoms with E-state index in [4.69, 9.17) is 0 Å². The summed E-state index contributed by atoms with van der Waals surface area (Å²) < 4.78 is 0. The molecule has 0 aliphatic rings. The quantitative estimate of drug-likeness (QED) is 0.687. The second-order valence-corrected chi connectivity index (χ2v) is 4.93. The molecule has 0 fully saturated rings. The van der Waals surface area contributed by atoms with E-state index in [1.54, 1.807) is 25.1 Å². The lowest BCUT2D eigenvalue weighted by molar-refractivity contribution is 1.42. The summed E-state index contributed by atoms with van der Waals surface area (Å²) in [5, 5.41) is 0. The van der Waals surface area contributed by atoms with Crippen LogP contribution in [0.2, 0.25) is 0 Å². The van der Waals surface area contributed by atoms with Gasteiger partial charge in [0.05, 0.1) is 0 Å². The van der Waals surface area contributed by atoms with Crippen molar-refractivity contribution >= 4 is 0 Å². The zero-order chi connectivity index (χ0) is 16.9. The largest absolute Gasteiger partial charge is 0.290 e. The normalized spacial score (nSPS) is 8.13. The molecule has 1 rings (SSSR count). The van der Waals surface area contributed by atoms with Crippen molar-refractivity contribution in [2.24, 2.45) is 0 Å². The second-order valence-electron chi connectivity index (χ2n) is 4.93. The van der Waals surface area contributed by atoms with E-state index in [9.17, 15) is 4.79 Å². The summed E-state index contributed by atoms with van der Waals surface area (Å²) in [6.45, 7) is 5.65. The Balaban J connectivity index is 3.42. The van der Waals surface area contributed by atoms with Gasteiger partial charge < -0.3 is 0 Å². The van der Waals surface area contributed by atoms with Gasteiger partial charge in [-0.1, -0.05) is 72.8 Å². The maximum atomic E-state index is 11.9. The zero-order valence-electron chi connectivity index (χ0n) is 13.8. The van der Waals surface area contributed by atoms with Crippen LogP contribution in [-0.2, 0) is 0 Å². The number of hydrogen-bond acceptors (Lipinski definition) is 1. The first-order chi connectivity index (χ1) is 11.1. The topological polar surface area (TPSA) is 17.1 Å². The lowest BCUT2D eigenvalue weighted by atomic mass is 10.3. The molecule has 0 aromatic heterocycles. The van der Waals surface area contributed by atoms with Gasteiger partial charge >= 0.3 is 0 Å². The molecule has 0 heterocycles. The van der Waals surface area contributed by atoms with Crippen LogP contribution in [0.4, 0.5) is 0 Å². The molecule has 1 heteroatoms. The molecule has 0 N–H and O–H groups in total. The molecule has 0 amide bonds. The third-order valence-electron chi connectivity index (χ3n) is 2.81. The van der Waals surface area contributed by atoms with Gasteiger partial charge in [0.25, 0.3) is 0 Å². The fourth-order valence-electron chi connectivity index (χ4n) is 1.49. The molecule has 0 aliphatic carbocycles. The van der Waals surface area contributed by atoms with Gasteiger partial charge in [-0.2, -0.15) is 0 Å². The van der Waals surface area contributed by atoms with Crippen LogP contribution in [0.1, 0.15) is 16.7 Å². The predicted molar refractivity (Wildman–Crippen MR) is 95.2 cm³/mol. The third kappa shape index (κ3) is 8.76. The number of rotatable bonds is 0. The van der Waals surface area contributed by atoms with Gasteiger partial charge in [-0.25, -0.2) is 0 Å². The lowest BCUT2D eigenvalue weighted by Gasteiger charge is -1.79. The van der Waals surface area contributed by atoms with Gasteiger partial charge in [0.2, 0.25) is 0 Å². The van der Waals surface area contributed by atoms with Crippen LogP contribution >= 0.6 is 0 Å². The highest BCUT2D eigenvalue weighted by molar-refractivity contribution is 5.10. The van der Waals surface area contributed by atoms with Crippen molar-refractivity contribution in [1.29, 1.82) is 0 Å². The summed E-state index contributed by atoms with van der Waals surface area (Å²) in [7, 11) is 0. The molecule has 0 radical (unpaired) electrons. The smallest absolute Gasteiger partial charge is 0.181 e.